The monoisotopic (exact) mass is 368 g/mol. The van der Waals surface area contributed by atoms with Crippen LogP contribution in [0.1, 0.15) is 32.6 Å². The van der Waals surface area contributed by atoms with Gasteiger partial charge in [-0.25, -0.2) is 14.1 Å². The van der Waals surface area contributed by atoms with Gasteiger partial charge in [0, 0.05) is 25.6 Å². The van der Waals surface area contributed by atoms with Crippen LogP contribution in [0.15, 0.2) is 28.4 Å². The Morgan fingerprint density at radius 1 is 1.28 bits per heavy atom. The maximum Gasteiger partial charge on any atom is 0.331 e. The quantitative estimate of drug-likeness (QED) is 0.734. The van der Waals surface area contributed by atoms with Gasteiger partial charge < -0.3 is 10.4 Å². The zero-order valence-electron chi connectivity index (χ0n) is 13.8. The molecule has 0 aromatic heterocycles. The summed E-state index contributed by atoms with van der Waals surface area (Å²) in [6, 6.07) is 0. The van der Waals surface area contributed by atoms with Crippen molar-refractivity contribution in [1.29, 1.82) is 0 Å². The molecule has 2 aliphatic heterocycles. The van der Waals surface area contributed by atoms with E-state index in [4.69, 9.17) is 5.11 Å². The van der Waals surface area contributed by atoms with Crippen LogP contribution >= 0.6 is 0 Å². The van der Waals surface area contributed by atoms with Crippen LogP contribution in [0.3, 0.4) is 0 Å². The molecule has 2 heterocycles. The predicted octanol–water partition coefficient (Wildman–Crippen LogP) is 0.192. The first kappa shape index (κ1) is 17.6. The summed E-state index contributed by atoms with van der Waals surface area (Å²) in [6.07, 6.45) is 4.44. The average molecular weight is 368 g/mol. The lowest BCUT2D eigenvalue weighted by Gasteiger charge is -2.34. The van der Waals surface area contributed by atoms with Gasteiger partial charge in [0.1, 0.15) is 0 Å². The van der Waals surface area contributed by atoms with Crippen molar-refractivity contribution in [2.45, 2.75) is 38.9 Å². The summed E-state index contributed by atoms with van der Waals surface area (Å²) < 4.78 is 28.7. The zero-order chi connectivity index (χ0) is 18.2. The Balaban J connectivity index is 1.97. The van der Waals surface area contributed by atoms with E-state index in [0.29, 0.717) is 18.8 Å². The van der Waals surface area contributed by atoms with E-state index < -0.39 is 28.4 Å². The summed E-state index contributed by atoms with van der Waals surface area (Å²) in [5, 5.41) is 11.7. The predicted molar refractivity (Wildman–Crippen MR) is 89.6 cm³/mol. The molecule has 136 valence electrons. The van der Waals surface area contributed by atoms with Crippen molar-refractivity contribution in [2.24, 2.45) is 4.99 Å². The molecule has 1 unspecified atom stereocenters. The number of hydrogen-bond donors (Lipinski definition) is 2. The number of aliphatic imine (C=N–C) groups is 1. The van der Waals surface area contributed by atoms with E-state index in [2.05, 4.69) is 10.3 Å². The van der Waals surface area contributed by atoms with Crippen LogP contribution in [0, 0.1) is 0 Å². The Kier molecular flexibility index (Phi) is 4.65. The van der Waals surface area contributed by atoms with Crippen LogP contribution in [-0.4, -0.2) is 59.1 Å². The maximum absolute atomic E-state index is 13.1. The highest BCUT2D eigenvalue weighted by molar-refractivity contribution is 7.87. The smallest absolute Gasteiger partial charge is 0.331 e. The molecule has 0 radical (unpaired) electrons. The van der Waals surface area contributed by atoms with Crippen LogP contribution in [0.5, 0.6) is 0 Å². The van der Waals surface area contributed by atoms with Crippen LogP contribution < -0.4 is 5.32 Å². The maximum atomic E-state index is 13.1. The summed E-state index contributed by atoms with van der Waals surface area (Å²) >= 11 is 0. The number of allylic oxidation sites excluding steroid dienone is 2. The number of hydrogen-bond acceptors (Lipinski definition) is 5. The third-order valence-corrected chi connectivity index (χ3v) is 6.22. The van der Waals surface area contributed by atoms with E-state index in [9.17, 15) is 18.0 Å². The van der Waals surface area contributed by atoms with Crippen molar-refractivity contribution in [3.63, 3.8) is 0 Å². The molecule has 9 nitrogen and oxygen atoms in total. The number of amides is 1. The molecule has 25 heavy (non-hydrogen) atoms. The molecular weight excluding hydrogens is 348 g/mol. The zero-order valence-corrected chi connectivity index (χ0v) is 14.6. The highest BCUT2D eigenvalue weighted by atomic mass is 32.2. The van der Waals surface area contributed by atoms with E-state index in [1.165, 1.54) is 23.4 Å². The van der Waals surface area contributed by atoms with Gasteiger partial charge in [0.2, 0.25) is 12.2 Å². The lowest BCUT2D eigenvalue weighted by Crippen LogP contribution is -2.52. The Hall–Kier alpha value is -2.20. The first-order chi connectivity index (χ1) is 11.8. The van der Waals surface area contributed by atoms with E-state index in [0.717, 1.165) is 23.6 Å². The molecule has 1 aliphatic carbocycles. The second-order valence-corrected chi connectivity index (χ2v) is 7.93. The molecule has 1 atom stereocenters. The minimum absolute atomic E-state index is 0.0997. The first-order valence-electron chi connectivity index (χ1n) is 8.09. The minimum Gasteiger partial charge on any atom is -0.478 e. The normalized spacial score (nSPS) is 24.1. The van der Waals surface area contributed by atoms with Crippen molar-refractivity contribution < 1.29 is 23.1 Å². The Bertz CT molecular complexity index is 793. The van der Waals surface area contributed by atoms with Gasteiger partial charge in [0.25, 0.3) is 0 Å². The SMILES string of the molecule is CC(=O)NC1N=C2C=C(C(=O)O)CC=C2N1S(=O)(=O)N1CCCCC1. The number of carbonyl (C=O) groups is 2. The molecule has 2 N–H and O–H groups in total. The van der Waals surface area contributed by atoms with Crippen LogP contribution in [0.2, 0.25) is 0 Å². The van der Waals surface area contributed by atoms with Crippen molar-refractivity contribution >= 4 is 27.8 Å². The second kappa shape index (κ2) is 6.60. The third kappa shape index (κ3) is 3.31. The minimum atomic E-state index is -3.87. The topological polar surface area (TPSA) is 119 Å². The standard InChI is InChI=1S/C15H20N4O5S/c1-10(20)16-15-17-12-9-11(14(21)22)5-6-13(12)19(15)25(23,24)18-7-3-2-4-8-18/h6,9,15H,2-5,7-8H2,1H3,(H,16,20)(H,21,22). The lowest BCUT2D eigenvalue weighted by atomic mass is 10.0. The highest BCUT2D eigenvalue weighted by Crippen LogP contribution is 2.31. The van der Waals surface area contributed by atoms with Crippen LogP contribution in [0.25, 0.3) is 0 Å². The highest BCUT2D eigenvalue weighted by Gasteiger charge is 2.43. The molecule has 3 aliphatic rings. The molecule has 3 rings (SSSR count). The van der Waals surface area contributed by atoms with Gasteiger partial charge in [-0.3, -0.25) is 4.79 Å². The fraction of sp³-hybridized carbons (Fsp3) is 0.533. The van der Waals surface area contributed by atoms with E-state index in [1.807, 2.05) is 0 Å². The summed E-state index contributed by atoms with van der Waals surface area (Å²) in [4.78, 5) is 26.9. The molecular formula is C15H20N4O5S. The van der Waals surface area contributed by atoms with Crippen molar-refractivity contribution in [3.8, 4) is 0 Å². The molecule has 0 aromatic rings. The molecule has 1 saturated heterocycles. The van der Waals surface area contributed by atoms with E-state index >= 15 is 0 Å². The molecule has 0 bridgehead atoms. The van der Waals surface area contributed by atoms with Crippen molar-refractivity contribution in [1.82, 2.24) is 13.9 Å². The molecule has 0 spiro atoms. The molecule has 1 amide bonds. The van der Waals surface area contributed by atoms with Gasteiger partial charge in [0.15, 0.2) is 0 Å². The number of nitrogens with zero attached hydrogens (tertiary/aromatic N) is 3. The fourth-order valence-electron chi connectivity index (χ4n) is 3.12. The molecule has 0 saturated carbocycles. The van der Waals surface area contributed by atoms with E-state index in [1.54, 1.807) is 0 Å². The fourth-order valence-corrected chi connectivity index (χ4v) is 4.86. The Morgan fingerprint density at radius 3 is 2.56 bits per heavy atom. The Morgan fingerprint density at radius 2 is 1.96 bits per heavy atom. The van der Waals surface area contributed by atoms with Crippen LogP contribution in [-0.2, 0) is 19.8 Å². The lowest BCUT2D eigenvalue weighted by molar-refractivity contribution is -0.132. The third-order valence-electron chi connectivity index (χ3n) is 4.31. The first-order valence-corrected chi connectivity index (χ1v) is 9.49. The van der Waals surface area contributed by atoms with Crippen molar-refractivity contribution in [2.75, 3.05) is 13.1 Å². The number of carbonyl (C=O) groups excluding carboxylic acids is 1. The van der Waals surface area contributed by atoms with Gasteiger partial charge in [-0.15, -0.1) is 0 Å². The van der Waals surface area contributed by atoms with Crippen molar-refractivity contribution in [3.05, 3.63) is 23.4 Å². The number of aliphatic carboxylic acids is 1. The van der Waals surface area contributed by atoms with E-state index in [-0.39, 0.29) is 17.7 Å². The summed E-state index contributed by atoms with van der Waals surface area (Å²) in [5.41, 5.74) is 0.693. The van der Waals surface area contributed by atoms with Gasteiger partial charge in [-0.05, 0) is 25.3 Å². The number of carboxylic acids is 1. The largest absolute Gasteiger partial charge is 0.478 e. The number of carboxylic acid groups (broad SMARTS) is 1. The summed E-state index contributed by atoms with van der Waals surface area (Å²) in [7, 11) is -3.87. The number of fused-ring (bicyclic) bond motifs is 1. The summed E-state index contributed by atoms with van der Waals surface area (Å²) in [5.74, 6) is -1.50. The molecule has 0 aromatic carbocycles. The van der Waals surface area contributed by atoms with Gasteiger partial charge in [-0.1, -0.05) is 12.5 Å². The second-order valence-electron chi connectivity index (χ2n) is 6.12. The Labute approximate surface area is 145 Å². The average Bonchev–Trinajstić information content (AvgIpc) is 2.92. The summed E-state index contributed by atoms with van der Waals surface area (Å²) in [6.45, 7) is 2.12. The van der Waals surface area contributed by atoms with Gasteiger partial charge >= 0.3 is 16.2 Å². The van der Waals surface area contributed by atoms with Gasteiger partial charge in [-0.2, -0.15) is 12.7 Å². The van der Waals surface area contributed by atoms with Gasteiger partial charge in [0.05, 0.1) is 11.4 Å². The number of nitrogens with one attached hydrogen (secondary N) is 1. The molecule has 1 fully saturated rings. The number of piperidine rings is 1. The number of rotatable bonds is 4. The molecule has 10 heteroatoms. The van der Waals surface area contributed by atoms with Crippen LogP contribution in [0.4, 0.5) is 0 Å².